The minimum Gasteiger partial charge on any atom is -0.451 e. The smallest absolute Gasteiger partial charge is 0.359 e. The molecule has 3 aromatic rings. The lowest BCUT2D eigenvalue weighted by molar-refractivity contribution is -0.131. The number of carbonyl (C=O) groups is 2. The Labute approximate surface area is 149 Å². The van der Waals surface area contributed by atoms with Crippen molar-refractivity contribution in [2.45, 2.75) is 0 Å². The van der Waals surface area contributed by atoms with Crippen molar-refractivity contribution in [3.05, 3.63) is 70.6 Å². The number of likely N-dealkylation sites (N-methyl/N-ethyl adjacent to an activating group) is 1. The first-order chi connectivity index (χ1) is 12.5. The molecular formula is C19H17N3O4. The Morgan fingerprint density at radius 1 is 1.00 bits per heavy atom. The first kappa shape index (κ1) is 17.3. The average Bonchev–Trinajstić information content (AvgIpc) is 2.67. The lowest BCUT2D eigenvalue weighted by atomic mass is 10.1. The molecule has 0 radical (unpaired) electrons. The van der Waals surface area contributed by atoms with E-state index in [1.807, 2.05) is 6.07 Å². The highest BCUT2D eigenvalue weighted by Crippen LogP contribution is 2.16. The van der Waals surface area contributed by atoms with E-state index in [1.165, 1.54) is 4.90 Å². The van der Waals surface area contributed by atoms with Gasteiger partial charge in [-0.05, 0) is 18.2 Å². The van der Waals surface area contributed by atoms with E-state index in [1.54, 1.807) is 62.6 Å². The average molecular weight is 351 g/mol. The molecule has 2 aromatic carbocycles. The van der Waals surface area contributed by atoms with E-state index in [4.69, 9.17) is 4.74 Å². The number of nitrogens with zero attached hydrogens (tertiary/aromatic N) is 3. The Morgan fingerprint density at radius 3 is 2.27 bits per heavy atom. The molecule has 1 aromatic heterocycles. The van der Waals surface area contributed by atoms with Gasteiger partial charge in [0.2, 0.25) is 0 Å². The summed E-state index contributed by atoms with van der Waals surface area (Å²) in [5.41, 5.74) is 0.171. The van der Waals surface area contributed by atoms with Crippen molar-refractivity contribution in [1.29, 1.82) is 0 Å². The molecule has 3 rings (SSSR count). The van der Waals surface area contributed by atoms with Crippen LogP contribution in [-0.2, 0) is 9.53 Å². The Balaban J connectivity index is 2.10. The predicted octanol–water partition coefficient (Wildman–Crippen LogP) is 1.63. The van der Waals surface area contributed by atoms with Crippen LogP contribution in [0.4, 0.5) is 0 Å². The van der Waals surface area contributed by atoms with Gasteiger partial charge in [-0.1, -0.05) is 36.4 Å². The highest BCUT2D eigenvalue weighted by molar-refractivity contribution is 6.02. The van der Waals surface area contributed by atoms with Gasteiger partial charge in [0, 0.05) is 19.5 Å². The van der Waals surface area contributed by atoms with E-state index >= 15 is 0 Å². The summed E-state index contributed by atoms with van der Waals surface area (Å²) in [5.74, 6) is -1.11. The zero-order valence-corrected chi connectivity index (χ0v) is 14.4. The molecular weight excluding hydrogens is 334 g/mol. The maximum atomic E-state index is 12.7. The molecule has 7 heteroatoms. The fourth-order valence-corrected chi connectivity index (χ4v) is 2.41. The van der Waals surface area contributed by atoms with Gasteiger partial charge in [-0.25, -0.2) is 4.79 Å². The van der Waals surface area contributed by atoms with E-state index in [0.717, 1.165) is 4.68 Å². The molecule has 0 aliphatic heterocycles. The third-order valence-corrected chi connectivity index (χ3v) is 3.82. The maximum Gasteiger partial charge on any atom is 0.359 e. The molecule has 0 spiro atoms. The predicted molar refractivity (Wildman–Crippen MR) is 96.3 cm³/mol. The van der Waals surface area contributed by atoms with E-state index in [0.29, 0.717) is 16.5 Å². The molecule has 0 aliphatic rings. The monoisotopic (exact) mass is 351 g/mol. The molecule has 26 heavy (non-hydrogen) atoms. The lowest BCUT2D eigenvalue weighted by Crippen LogP contribution is -2.29. The number of ether oxygens (including phenoxy) is 1. The highest BCUT2D eigenvalue weighted by atomic mass is 16.5. The number of aromatic nitrogens is 2. The van der Waals surface area contributed by atoms with E-state index < -0.39 is 12.6 Å². The van der Waals surface area contributed by atoms with E-state index in [-0.39, 0.29) is 17.2 Å². The molecule has 0 N–H and O–H groups in total. The van der Waals surface area contributed by atoms with E-state index in [9.17, 15) is 14.4 Å². The number of carbonyl (C=O) groups excluding carboxylic acids is 2. The normalized spacial score (nSPS) is 10.5. The van der Waals surface area contributed by atoms with Crippen molar-refractivity contribution < 1.29 is 14.3 Å². The number of esters is 1. The number of hydrogen-bond acceptors (Lipinski definition) is 5. The van der Waals surface area contributed by atoms with Gasteiger partial charge in [0.1, 0.15) is 0 Å². The topological polar surface area (TPSA) is 81.5 Å². The first-order valence-corrected chi connectivity index (χ1v) is 7.94. The van der Waals surface area contributed by atoms with Gasteiger partial charge in [-0.3, -0.25) is 9.59 Å². The molecule has 0 aliphatic carbocycles. The van der Waals surface area contributed by atoms with Crippen LogP contribution in [0.25, 0.3) is 16.5 Å². The molecule has 0 unspecified atom stereocenters. The van der Waals surface area contributed by atoms with Gasteiger partial charge >= 0.3 is 5.97 Å². The zero-order chi connectivity index (χ0) is 18.7. The van der Waals surface area contributed by atoms with E-state index in [2.05, 4.69) is 5.10 Å². The quantitative estimate of drug-likeness (QED) is 0.667. The van der Waals surface area contributed by atoms with Gasteiger partial charge in [0.15, 0.2) is 12.3 Å². The number of hydrogen-bond donors (Lipinski definition) is 0. The minimum absolute atomic E-state index is 0.0180. The Kier molecular flexibility index (Phi) is 4.79. The molecule has 0 atom stereocenters. The SMILES string of the molecule is CN(C)C(=O)COC(=O)c1nn(-c2ccccc2)c(=O)c2ccccc12. The van der Waals surface area contributed by atoms with Crippen LogP contribution >= 0.6 is 0 Å². The van der Waals surface area contributed by atoms with Gasteiger partial charge in [-0.15, -0.1) is 0 Å². The van der Waals surface area contributed by atoms with Crippen molar-refractivity contribution in [1.82, 2.24) is 14.7 Å². The summed E-state index contributed by atoms with van der Waals surface area (Å²) in [6.45, 7) is -0.397. The third kappa shape index (κ3) is 3.32. The van der Waals surface area contributed by atoms with Crippen LogP contribution < -0.4 is 5.56 Å². The molecule has 0 saturated heterocycles. The largest absolute Gasteiger partial charge is 0.451 e. The summed E-state index contributed by atoms with van der Waals surface area (Å²) >= 11 is 0. The molecule has 1 heterocycles. The number of benzene rings is 2. The number of fused-ring (bicyclic) bond motifs is 1. The molecule has 1 amide bonds. The molecule has 0 saturated carbocycles. The molecule has 0 fully saturated rings. The molecule has 7 nitrogen and oxygen atoms in total. The van der Waals surface area contributed by atoms with Crippen LogP contribution in [0.15, 0.2) is 59.4 Å². The summed E-state index contributed by atoms with van der Waals surface area (Å²) in [6, 6.07) is 15.5. The second-order valence-electron chi connectivity index (χ2n) is 5.81. The summed E-state index contributed by atoms with van der Waals surface area (Å²) < 4.78 is 6.24. The van der Waals surface area contributed by atoms with Crippen LogP contribution in [0.3, 0.4) is 0 Å². The third-order valence-electron chi connectivity index (χ3n) is 3.82. The fourth-order valence-electron chi connectivity index (χ4n) is 2.41. The summed E-state index contributed by atoms with van der Waals surface area (Å²) in [7, 11) is 3.14. The van der Waals surface area contributed by atoms with Crippen LogP contribution in [-0.4, -0.2) is 47.3 Å². The molecule has 132 valence electrons. The standard InChI is InChI=1S/C19H17N3O4/c1-21(2)16(23)12-26-19(25)17-14-10-6-7-11-15(14)18(24)22(20-17)13-8-4-3-5-9-13/h3-11H,12H2,1-2H3. The van der Waals surface area contributed by atoms with Gasteiger partial charge in [0.25, 0.3) is 11.5 Å². The zero-order valence-electron chi connectivity index (χ0n) is 14.4. The van der Waals surface area contributed by atoms with Crippen molar-refractivity contribution in [2.75, 3.05) is 20.7 Å². The highest BCUT2D eigenvalue weighted by Gasteiger charge is 2.19. The van der Waals surface area contributed by atoms with Gasteiger partial charge in [0.05, 0.1) is 11.1 Å². The van der Waals surface area contributed by atoms with Gasteiger partial charge < -0.3 is 9.64 Å². The summed E-state index contributed by atoms with van der Waals surface area (Å²) in [4.78, 5) is 38.2. The van der Waals surface area contributed by atoms with Crippen LogP contribution in [0.5, 0.6) is 0 Å². The number of amides is 1. The van der Waals surface area contributed by atoms with Crippen molar-refractivity contribution >= 4 is 22.6 Å². The number of para-hydroxylation sites is 1. The summed E-state index contributed by atoms with van der Waals surface area (Å²) in [5, 5.41) is 4.92. The fraction of sp³-hybridized carbons (Fsp3) is 0.158. The van der Waals surface area contributed by atoms with Gasteiger partial charge in [-0.2, -0.15) is 9.78 Å². The minimum atomic E-state index is -0.763. The lowest BCUT2D eigenvalue weighted by Gasteiger charge is -2.12. The van der Waals surface area contributed by atoms with Crippen LogP contribution in [0.1, 0.15) is 10.5 Å². The Bertz CT molecular complexity index is 1030. The molecule has 0 bridgehead atoms. The Hall–Kier alpha value is -3.48. The second kappa shape index (κ2) is 7.18. The second-order valence-corrected chi connectivity index (χ2v) is 5.81. The van der Waals surface area contributed by atoms with Crippen molar-refractivity contribution in [2.24, 2.45) is 0 Å². The van der Waals surface area contributed by atoms with Crippen molar-refractivity contribution in [3.63, 3.8) is 0 Å². The Morgan fingerprint density at radius 2 is 1.62 bits per heavy atom. The first-order valence-electron chi connectivity index (χ1n) is 7.94. The van der Waals surface area contributed by atoms with Crippen LogP contribution in [0, 0.1) is 0 Å². The summed E-state index contributed by atoms with van der Waals surface area (Å²) in [6.07, 6.45) is 0. The van der Waals surface area contributed by atoms with Crippen molar-refractivity contribution in [3.8, 4) is 5.69 Å². The number of rotatable bonds is 4. The maximum absolute atomic E-state index is 12.7. The van der Waals surface area contributed by atoms with Crippen LogP contribution in [0.2, 0.25) is 0 Å².